The van der Waals surface area contributed by atoms with Crippen molar-refractivity contribution in [1.29, 1.82) is 0 Å². The Morgan fingerprint density at radius 1 is 1.37 bits per heavy atom. The third kappa shape index (κ3) is 2.52. The van der Waals surface area contributed by atoms with Crippen molar-refractivity contribution in [1.82, 2.24) is 9.55 Å². The lowest BCUT2D eigenvalue weighted by Gasteiger charge is -2.13. The molecule has 0 atom stereocenters. The molecule has 2 aromatic rings. The first-order valence-electron chi connectivity index (χ1n) is 6.59. The van der Waals surface area contributed by atoms with Gasteiger partial charge in [-0.05, 0) is 40.8 Å². The van der Waals surface area contributed by atoms with Gasteiger partial charge < -0.3 is 4.57 Å². The fourth-order valence-electron chi connectivity index (χ4n) is 2.93. The smallest absolute Gasteiger partial charge is 0.139 e. The number of hydrogen-bond donors (Lipinski definition) is 0. The van der Waals surface area contributed by atoms with Crippen LogP contribution in [0, 0.1) is 11.7 Å². The number of alkyl halides is 1. The highest BCUT2D eigenvalue weighted by molar-refractivity contribution is 9.10. The van der Waals surface area contributed by atoms with Gasteiger partial charge in [0.05, 0.1) is 21.4 Å². The zero-order valence-corrected chi connectivity index (χ0v) is 12.8. The number of aromatic nitrogens is 2. The summed E-state index contributed by atoms with van der Waals surface area (Å²) < 4.78 is 16.3. The molecule has 1 aromatic heterocycles. The molecule has 3 rings (SSSR count). The molecule has 1 aliphatic rings. The lowest BCUT2D eigenvalue weighted by atomic mass is 10.1. The fraction of sp³-hybridized carbons (Fsp3) is 0.500. The molecule has 1 heterocycles. The lowest BCUT2D eigenvalue weighted by Crippen LogP contribution is -2.10. The van der Waals surface area contributed by atoms with Gasteiger partial charge in [-0.2, -0.15) is 0 Å². The predicted octanol–water partition coefficient (Wildman–Crippen LogP) is 4.87. The first-order chi connectivity index (χ1) is 9.19. The Hall–Kier alpha value is -0.610. The van der Waals surface area contributed by atoms with E-state index in [-0.39, 0.29) is 5.82 Å². The van der Waals surface area contributed by atoms with E-state index >= 15 is 0 Å². The van der Waals surface area contributed by atoms with E-state index in [0.29, 0.717) is 16.3 Å². The molecule has 0 amide bonds. The molecule has 5 heteroatoms. The third-order valence-corrected chi connectivity index (χ3v) is 4.75. The van der Waals surface area contributed by atoms with Crippen molar-refractivity contribution < 1.29 is 4.39 Å². The molecule has 0 unspecified atom stereocenters. The summed E-state index contributed by atoms with van der Waals surface area (Å²) in [5.74, 6) is 1.62. The maximum atomic E-state index is 13.7. The highest BCUT2D eigenvalue weighted by atomic mass is 79.9. The average molecular weight is 346 g/mol. The first-order valence-corrected chi connectivity index (χ1v) is 7.92. The van der Waals surface area contributed by atoms with Crippen LogP contribution in [0.25, 0.3) is 11.0 Å². The third-order valence-electron chi connectivity index (χ3n) is 3.90. The summed E-state index contributed by atoms with van der Waals surface area (Å²) >= 11 is 9.18. The van der Waals surface area contributed by atoms with Crippen LogP contribution in [0.2, 0.25) is 0 Å². The average Bonchev–Trinajstić information content (AvgIpc) is 3.00. The summed E-state index contributed by atoms with van der Waals surface area (Å²) in [6, 6.07) is 3.28. The number of fused-ring (bicyclic) bond motifs is 1. The monoisotopic (exact) mass is 344 g/mol. The minimum Gasteiger partial charge on any atom is -0.327 e. The minimum absolute atomic E-state index is 0.249. The van der Waals surface area contributed by atoms with E-state index in [4.69, 9.17) is 11.6 Å². The second-order valence-electron chi connectivity index (χ2n) is 5.18. The molecular formula is C14H15BrClFN2. The van der Waals surface area contributed by atoms with Crippen LogP contribution in [0.3, 0.4) is 0 Å². The van der Waals surface area contributed by atoms with Gasteiger partial charge >= 0.3 is 0 Å². The van der Waals surface area contributed by atoms with Crippen LogP contribution in [0.4, 0.5) is 4.39 Å². The molecule has 0 N–H and O–H groups in total. The summed E-state index contributed by atoms with van der Waals surface area (Å²) in [4.78, 5) is 4.51. The van der Waals surface area contributed by atoms with Crippen molar-refractivity contribution in [3.05, 3.63) is 28.2 Å². The van der Waals surface area contributed by atoms with Crippen LogP contribution in [0.1, 0.15) is 31.5 Å². The maximum Gasteiger partial charge on any atom is 0.139 e. The number of hydrogen-bond acceptors (Lipinski definition) is 1. The second kappa shape index (κ2) is 5.41. The van der Waals surface area contributed by atoms with Crippen LogP contribution >= 0.6 is 27.5 Å². The van der Waals surface area contributed by atoms with Crippen LogP contribution < -0.4 is 0 Å². The summed E-state index contributed by atoms with van der Waals surface area (Å²) in [5.41, 5.74) is 1.66. The molecule has 1 aliphatic carbocycles. The van der Waals surface area contributed by atoms with Gasteiger partial charge in [-0.1, -0.05) is 12.8 Å². The molecule has 0 bridgehead atoms. The largest absolute Gasteiger partial charge is 0.327 e. The van der Waals surface area contributed by atoms with Gasteiger partial charge in [0.1, 0.15) is 11.6 Å². The second-order valence-corrected chi connectivity index (χ2v) is 6.30. The van der Waals surface area contributed by atoms with Gasteiger partial charge in [0.15, 0.2) is 0 Å². The summed E-state index contributed by atoms with van der Waals surface area (Å²) in [6.45, 7) is 0.902. The topological polar surface area (TPSA) is 17.8 Å². The lowest BCUT2D eigenvalue weighted by molar-refractivity contribution is 0.457. The fourth-order valence-corrected chi connectivity index (χ4v) is 3.46. The van der Waals surface area contributed by atoms with Crippen LogP contribution in [0.5, 0.6) is 0 Å². The standard InChI is InChI=1S/C14H15BrClFN2/c15-10-5-12-13(6-11(10)17)19(14(7-16)18-12)8-9-3-1-2-4-9/h5-6,9H,1-4,7-8H2. The van der Waals surface area contributed by atoms with Gasteiger partial charge in [-0.15, -0.1) is 11.6 Å². The minimum atomic E-state index is -0.249. The molecule has 0 radical (unpaired) electrons. The normalized spacial score (nSPS) is 16.6. The summed E-state index contributed by atoms with van der Waals surface area (Å²) in [5, 5.41) is 0. The Labute approximate surface area is 125 Å². The molecule has 0 spiro atoms. The Morgan fingerprint density at radius 2 is 2.11 bits per heavy atom. The van der Waals surface area contributed by atoms with Gasteiger partial charge in [0.2, 0.25) is 0 Å². The number of nitrogens with zero attached hydrogens (tertiary/aromatic N) is 2. The van der Waals surface area contributed by atoms with E-state index in [2.05, 4.69) is 25.5 Å². The van der Waals surface area contributed by atoms with E-state index in [1.54, 1.807) is 12.1 Å². The number of imidazole rings is 1. The van der Waals surface area contributed by atoms with Crippen molar-refractivity contribution in [2.45, 2.75) is 38.1 Å². The molecule has 1 fully saturated rings. The Kier molecular flexibility index (Phi) is 3.81. The molecule has 1 aromatic carbocycles. The van der Waals surface area contributed by atoms with Crippen molar-refractivity contribution in [3.8, 4) is 0 Å². The van der Waals surface area contributed by atoms with E-state index < -0.39 is 0 Å². The van der Waals surface area contributed by atoms with E-state index in [1.807, 2.05) is 0 Å². The number of halogens is 3. The SMILES string of the molecule is Fc1cc2c(cc1Br)nc(CCl)n2CC1CCCC1. The van der Waals surface area contributed by atoms with Crippen molar-refractivity contribution in [3.63, 3.8) is 0 Å². The van der Waals surface area contributed by atoms with Gasteiger partial charge in [-0.3, -0.25) is 0 Å². The van der Waals surface area contributed by atoms with Crippen LogP contribution in [0.15, 0.2) is 16.6 Å². The van der Waals surface area contributed by atoms with Gasteiger partial charge in [0, 0.05) is 12.6 Å². The van der Waals surface area contributed by atoms with Crippen LogP contribution in [-0.4, -0.2) is 9.55 Å². The molecule has 1 saturated carbocycles. The first kappa shape index (κ1) is 13.4. The highest BCUT2D eigenvalue weighted by Gasteiger charge is 2.19. The van der Waals surface area contributed by atoms with Crippen LogP contribution in [-0.2, 0) is 12.4 Å². The molecular weight excluding hydrogens is 331 g/mol. The predicted molar refractivity (Wildman–Crippen MR) is 78.9 cm³/mol. The molecule has 19 heavy (non-hydrogen) atoms. The summed E-state index contributed by atoms with van der Waals surface area (Å²) in [6.07, 6.45) is 5.10. The molecule has 0 aliphatic heterocycles. The highest BCUT2D eigenvalue weighted by Crippen LogP contribution is 2.30. The van der Waals surface area contributed by atoms with E-state index in [1.165, 1.54) is 25.7 Å². The van der Waals surface area contributed by atoms with Gasteiger partial charge in [-0.25, -0.2) is 9.37 Å². The van der Waals surface area contributed by atoms with Crippen molar-refractivity contribution in [2.24, 2.45) is 5.92 Å². The van der Waals surface area contributed by atoms with Gasteiger partial charge in [0.25, 0.3) is 0 Å². The number of benzene rings is 1. The summed E-state index contributed by atoms with van der Waals surface area (Å²) in [7, 11) is 0. The Bertz CT molecular complexity index is 605. The maximum absolute atomic E-state index is 13.7. The van der Waals surface area contributed by atoms with Crippen molar-refractivity contribution in [2.75, 3.05) is 0 Å². The number of rotatable bonds is 3. The van der Waals surface area contributed by atoms with E-state index in [0.717, 1.165) is 23.4 Å². The quantitative estimate of drug-likeness (QED) is 0.726. The Balaban J connectivity index is 2.06. The zero-order valence-electron chi connectivity index (χ0n) is 10.5. The van der Waals surface area contributed by atoms with Crippen molar-refractivity contribution >= 4 is 38.6 Å². The zero-order chi connectivity index (χ0) is 13.4. The molecule has 0 saturated heterocycles. The Morgan fingerprint density at radius 3 is 2.79 bits per heavy atom. The molecule has 102 valence electrons. The molecule has 2 nitrogen and oxygen atoms in total. The van der Waals surface area contributed by atoms with E-state index in [9.17, 15) is 4.39 Å².